The van der Waals surface area contributed by atoms with Crippen molar-refractivity contribution in [1.82, 2.24) is 4.90 Å². The monoisotopic (exact) mass is 594 g/mol. The molecular weight excluding hydrogens is 548 g/mol. The molecule has 4 rings (SSSR count). The first kappa shape index (κ1) is 32.8. The van der Waals surface area contributed by atoms with Gasteiger partial charge in [-0.3, -0.25) is 9.69 Å². The number of benzene rings is 4. The summed E-state index contributed by atoms with van der Waals surface area (Å²) < 4.78 is 12.9. The van der Waals surface area contributed by atoms with Crippen molar-refractivity contribution in [3.05, 3.63) is 119 Å². The summed E-state index contributed by atoms with van der Waals surface area (Å²) in [5.74, 6) is 2.07. The molecule has 232 valence electrons. The van der Waals surface area contributed by atoms with Gasteiger partial charge in [-0.25, -0.2) is 0 Å². The van der Waals surface area contributed by atoms with Crippen LogP contribution in [0, 0.1) is 0 Å². The van der Waals surface area contributed by atoms with Crippen molar-refractivity contribution in [2.45, 2.75) is 77.9 Å². The third kappa shape index (κ3) is 9.18. The number of carboxylic acid groups (broad SMARTS) is 1. The number of hydrogen-bond donors (Lipinski definition) is 2. The largest absolute Gasteiger partial charge is 0.480 e. The van der Waals surface area contributed by atoms with Crippen LogP contribution >= 0.6 is 0 Å². The maximum absolute atomic E-state index is 11.6. The standard InChI is InChI=1S/C38H46N2O4/c1-37(2,3)29-15-11-17-31(23-29)43-34-19-9-7-13-27(34)25-40(22-21-33(39)36(41)42)26-28-14-8-10-20-35(28)44-32-18-12-16-30(24-32)38(4,5)6/h7-20,23-24,33H,21-22,25-26,39H2,1-6H3,(H,41,42)/t33-/m0/s1. The molecule has 4 aromatic rings. The molecule has 0 aromatic heterocycles. The lowest BCUT2D eigenvalue weighted by atomic mass is 9.87. The summed E-state index contributed by atoms with van der Waals surface area (Å²) in [4.78, 5) is 13.8. The quantitative estimate of drug-likeness (QED) is 0.171. The Morgan fingerprint density at radius 3 is 1.55 bits per heavy atom. The smallest absolute Gasteiger partial charge is 0.320 e. The molecule has 0 bridgehead atoms. The lowest BCUT2D eigenvalue weighted by molar-refractivity contribution is -0.138. The van der Waals surface area contributed by atoms with Gasteiger partial charge in [-0.2, -0.15) is 0 Å². The zero-order valence-corrected chi connectivity index (χ0v) is 26.8. The molecule has 0 unspecified atom stereocenters. The number of hydrogen-bond acceptors (Lipinski definition) is 5. The predicted molar refractivity (Wildman–Crippen MR) is 178 cm³/mol. The van der Waals surface area contributed by atoms with Crippen LogP contribution in [0.1, 0.15) is 70.2 Å². The highest BCUT2D eigenvalue weighted by Gasteiger charge is 2.20. The van der Waals surface area contributed by atoms with E-state index in [4.69, 9.17) is 15.2 Å². The second-order valence-corrected chi connectivity index (χ2v) is 13.4. The van der Waals surface area contributed by atoms with Gasteiger partial charge in [0.1, 0.15) is 29.0 Å². The minimum absolute atomic E-state index is 0.00210. The van der Waals surface area contributed by atoms with Gasteiger partial charge in [-0.05, 0) is 64.8 Å². The minimum atomic E-state index is -1.00. The van der Waals surface area contributed by atoms with Crippen LogP contribution in [0.3, 0.4) is 0 Å². The molecule has 6 nitrogen and oxygen atoms in total. The van der Waals surface area contributed by atoms with Gasteiger partial charge in [0, 0.05) is 30.8 Å². The van der Waals surface area contributed by atoms with Crippen molar-refractivity contribution in [3.63, 3.8) is 0 Å². The molecule has 0 heterocycles. The fourth-order valence-corrected chi connectivity index (χ4v) is 4.92. The van der Waals surface area contributed by atoms with Crippen LogP contribution in [0.2, 0.25) is 0 Å². The number of para-hydroxylation sites is 2. The Morgan fingerprint density at radius 2 is 1.14 bits per heavy atom. The van der Waals surface area contributed by atoms with Crippen LogP contribution in [0.5, 0.6) is 23.0 Å². The van der Waals surface area contributed by atoms with E-state index < -0.39 is 12.0 Å². The van der Waals surface area contributed by atoms with E-state index >= 15 is 0 Å². The van der Waals surface area contributed by atoms with Gasteiger partial charge >= 0.3 is 5.97 Å². The van der Waals surface area contributed by atoms with Gasteiger partial charge < -0.3 is 20.3 Å². The first-order valence-electron chi connectivity index (χ1n) is 15.2. The number of carboxylic acids is 1. The SMILES string of the molecule is CC(C)(C)c1cccc(Oc2ccccc2CN(CC[C@H](N)C(=O)O)Cc2ccccc2Oc2cccc(C(C)(C)C)c2)c1. The molecule has 4 aromatic carbocycles. The molecule has 44 heavy (non-hydrogen) atoms. The third-order valence-corrected chi connectivity index (χ3v) is 7.66. The summed E-state index contributed by atoms with van der Waals surface area (Å²) >= 11 is 0. The van der Waals surface area contributed by atoms with Crippen molar-refractivity contribution in [1.29, 1.82) is 0 Å². The Morgan fingerprint density at radius 1 is 0.705 bits per heavy atom. The Kier molecular flexibility index (Phi) is 10.5. The van der Waals surface area contributed by atoms with Crippen molar-refractivity contribution < 1.29 is 19.4 Å². The molecule has 0 fully saturated rings. The van der Waals surface area contributed by atoms with Gasteiger partial charge in [0.2, 0.25) is 0 Å². The fourth-order valence-electron chi connectivity index (χ4n) is 4.92. The van der Waals surface area contributed by atoms with E-state index in [1.807, 2.05) is 72.8 Å². The number of nitrogens with zero attached hydrogens (tertiary/aromatic N) is 1. The van der Waals surface area contributed by atoms with Gasteiger partial charge in [0.05, 0.1) is 0 Å². The van der Waals surface area contributed by atoms with Crippen molar-refractivity contribution in [3.8, 4) is 23.0 Å². The Labute approximate surface area is 262 Å². The molecule has 0 amide bonds. The Balaban J connectivity index is 1.60. The first-order chi connectivity index (χ1) is 20.8. The van der Waals surface area contributed by atoms with E-state index in [1.54, 1.807) is 0 Å². The van der Waals surface area contributed by atoms with Gasteiger partial charge in [0.15, 0.2) is 0 Å². The van der Waals surface area contributed by atoms with Gasteiger partial charge in [0.25, 0.3) is 0 Å². The second-order valence-electron chi connectivity index (χ2n) is 13.4. The van der Waals surface area contributed by atoms with E-state index in [0.29, 0.717) is 26.1 Å². The van der Waals surface area contributed by atoms with Crippen LogP contribution in [0.15, 0.2) is 97.1 Å². The summed E-state index contributed by atoms with van der Waals surface area (Å²) in [6.45, 7) is 14.7. The van der Waals surface area contributed by atoms with E-state index in [1.165, 1.54) is 11.1 Å². The van der Waals surface area contributed by atoms with Crippen molar-refractivity contribution in [2.24, 2.45) is 5.73 Å². The second kappa shape index (κ2) is 14.1. The lowest BCUT2D eigenvalue weighted by Crippen LogP contribution is -2.35. The number of rotatable bonds is 12. The molecule has 6 heteroatoms. The lowest BCUT2D eigenvalue weighted by Gasteiger charge is -2.26. The molecular formula is C38H46N2O4. The van der Waals surface area contributed by atoms with Crippen LogP contribution in [0.4, 0.5) is 0 Å². The van der Waals surface area contributed by atoms with Crippen LogP contribution < -0.4 is 15.2 Å². The maximum Gasteiger partial charge on any atom is 0.320 e. The van der Waals surface area contributed by atoms with E-state index in [2.05, 4.69) is 70.7 Å². The highest BCUT2D eigenvalue weighted by Crippen LogP contribution is 2.33. The summed E-state index contributed by atoms with van der Waals surface area (Å²) in [5.41, 5.74) is 10.3. The average Bonchev–Trinajstić information content (AvgIpc) is 2.97. The number of nitrogens with two attached hydrogens (primary N) is 1. The maximum atomic E-state index is 11.6. The highest BCUT2D eigenvalue weighted by atomic mass is 16.5. The Bertz CT molecular complexity index is 1450. The van der Waals surface area contributed by atoms with E-state index in [-0.39, 0.29) is 10.8 Å². The number of aliphatic carboxylic acids is 1. The predicted octanol–water partition coefficient (Wildman–Crippen LogP) is 8.67. The average molecular weight is 595 g/mol. The molecule has 0 saturated carbocycles. The van der Waals surface area contributed by atoms with Crippen LogP contribution in [-0.4, -0.2) is 28.6 Å². The highest BCUT2D eigenvalue weighted by molar-refractivity contribution is 5.73. The summed E-state index contributed by atoms with van der Waals surface area (Å²) in [6.07, 6.45) is 0.308. The summed E-state index contributed by atoms with van der Waals surface area (Å²) in [5, 5.41) is 9.47. The minimum Gasteiger partial charge on any atom is -0.480 e. The number of carbonyl (C=O) groups is 1. The molecule has 0 aliphatic rings. The molecule has 0 spiro atoms. The molecule has 3 N–H and O–H groups in total. The topological polar surface area (TPSA) is 85.0 Å². The third-order valence-electron chi connectivity index (χ3n) is 7.66. The summed E-state index contributed by atoms with van der Waals surface area (Å²) in [7, 11) is 0. The normalized spacial score (nSPS) is 12.6. The zero-order chi connectivity index (χ0) is 31.9. The van der Waals surface area contributed by atoms with Crippen molar-refractivity contribution >= 4 is 5.97 Å². The van der Waals surface area contributed by atoms with E-state index in [9.17, 15) is 9.90 Å². The zero-order valence-electron chi connectivity index (χ0n) is 26.8. The molecule has 0 aliphatic heterocycles. The number of ether oxygens (including phenoxy) is 2. The van der Waals surface area contributed by atoms with Crippen molar-refractivity contribution in [2.75, 3.05) is 6.54 Å². The Hall–Kier alpha value is -4.13. The van der Waals surface area contributed by atoms with Gasteiger partial charge in [-0.15, -0.1) is 0 Å². The molecule has 0 aliphatic carbocycles. The van der Waals surface area contributed by atoms with Gasteiger partial charge in [-0.1, -0.05) is 102 Å². The van der Waals surface area contributed by atoms with Crippen LogP contribution in [0.25, 0.3) is 0 Å². The molecule has 1 atom stereocenters. The van der Waals surface area contributed by atoms with E-state index in [0.717, 1.165) is 34.1 Å². The fraction of sp³-hybridized carbons (Fsp3) is 0.342. The molecule has 0 saturated heterocycles. The van der Waals surface area contributed by atoms with Crippen LogP contribution in [-0.2, 0) is 28.7 Å². The molecule has 0 radical (unpaired) electrons. The summed E-state index contributed by atoms with van der Waals surface area (Å²) in [6, 6.07) is 31.4. The first-order valence-corrected chi connectivity index (χ1v) is 15.2.